The van der Waals surface area contributed by atoms with E-state index in [2.05, 4.69) is 29.2 Å². The summed E-state index contributed by atoms with van der Waals surface area (Å²) in [5.74, 6) is -0.104. The molecule has 0 aliphatic carbocycles. The van der Waals surface area contributed by atoms with Gasteiger partial charge in [-0.15, -0.1) is 0 Å². The summed E-state index contributed by atoms with van der Waals surface area (Å²) in [7, 11) is 0. The van der Waals surface area contributed by atoms with E-state index in [1.807, 2.05) is 53.4 Å². The lowest BCUT2D eigenvalue weighted by Crippen LogP contribution is -2.49. The Hall–Kier alpha value is -4.56. The first-order chi connectivity index (χ1) is 18.1. The maximum absolute atomic E-state index is 13.6. The van der Waals surface area contributed by atoms with Gasteiger partial charge in [-0.05, 0) is 23.8 Å². The number of carbonyl (C=O) groups excluding carboxylic acids is 1. The van der Waals surface area contributed by atoms with Crippen LogP contribution in [0.25, 0.3) is 23.0 Å². The van der Waals surface area contributed by atoms with Gasteiger partial charge in [0.1, 0.15) is 5.69 Å². The molecule has 0 N–H and O–H groups in total. The number of nitro groups is 1. The van der Waals surface area contributed by atoms with Gasteiger partial charge in [-0.1, -0.05) is 72.8 Å². The highest BCUT2D eigenvalue weighted by Crippen LogP contribution is 2.24. The zero-order valence-corrected chi connectivity index (χ0v) is 20.3. The largest absolute Gasteiger partial charge is 0.335 e. The lowest BCUT2D eigenvalue weighted by Gasteiger charge is -2.34. The van der Waals surface area contributed by atoms with Crippen molar-refractivity contribution in [3.8, 4) is 16.9 Å². The molecule has 5 rings (SSSR count). The molecule has 3 aromatic carbocycles. The molecule has 0 radical (unpaired) electrons. The van der Waals surface area contributed by atoms with Crippen LogP contribution in [-0.2, 0) is 0 Å². The van der Waals surface area contributed by atoms with Crippen molar-refractivity contribution < 1.29 is 9.72 Å². The van der Waals surface area contributed by atoms with Crippen molar-refractivity contribution in [2.45, 2.75) is 0 Å². The lowest BCUT2D eigenvalue weighted by molar-refractivity contribution is -0.384. The zero-order chi connectivity index (χ0) is 25.6. The number of benzene rings is 3. The Morgan fingerprint density at radius 3 is 2.19 bits per heavy atom. The molecule has 0 unspecified atom stereocenters. The Kier molecular flexibility index (Phi) is 7.19. The van der Waals surface area contributed by atoms with Crippen molar-refractivity contribution in [1.82, 2.24) is 19.6 Å². The van der Waals surface area contributed by atoms with E-state index in [0.29, 0.717) is 30.2 Å². The Morgan fingerprint density at radius 1 is 0.892 bits per heavy atom. The number of amides is 1. The summed E-state index contributed by atoms with van der Waals surface area (Å²) >= 11 is 0. The van der Waals surface area contributed by atoms with Gasteiger partial charge in [0.2, 0.25) is 0 Å². The fourth-order valence-electron chi connectivity index (χ4n) is 4.39. The normalized spacial score (nSPS) is 14.2. The van der Waals surface area contributed by atoms with Crippen molar-refractivity contribution in [3.05, 3.63) is 118 Å². The lowest BCUT2D eigenvalue weighted by atomic mass is 10.1. The Morgan fingerprint density at radius 2 is 1.54 bits per heavy atom. The van der Waals surface area contributed by atoms with Crippen molar-refractivity contribution >= 4 is 17.7 Å². The minimum absolute atomic E-state index is 0.00972. The fourth-order valence-corrected chi connectivity index (χ4v) is 4.39. The number of nitro benzene ring substituents is 1. The van der Waals surface area contributed by atoms with Crippen LogP contribution in [-0.4, -0.2) is 63.1 Å². The van der Waals surface area contributed by atoms with E-state index in [1.165, 1.54) is 17.7 Å². The molecule has 1 aliphatic heterocycles. The van der Waals surface area contributed by atoms with Crippen LogP contribution in [0.2, 0.25) is 0 Å². The molecule has 1 saturated heterocycles. The number of piperazine rings is 1. The van der Waals surface area contributed by atoms with E-state index in [0.717, 1.165) is 25.2 Å². The summed E-state index contributed by atoms with van der Waals surface area (Å²) in [4.78, 5) is 28.5. The molecule has 2 heterocycles. The molecule has 8 nitrogen and oxygen atoms in total. The van der Waals surface area contributed by atoms with Gasteiger partial charge in [-0.25, -0.2) is 4.68 Å². The minimum atomic E-state index is -0.442. The van der Waals surface area contributed by atoms with Crippen LogP contribution in [0.15, 0.2) is 97.1 Å². The van der Waals surface area contributed by atoms with Gasteiger partial charge < -0.3 is 4.90 Å². The fraction of sp³-hybridized carbons (Fsp3) is 0.172. The summed E-state index contributed by atoms with van der Waals surface area (Å²) in [6.45, 7) is 3.62. The molecular formula is C29H27N5O3. The van der Waals surface area contributed by atoms with Crippen LogP contribution < -0.4 is 0 Å². The Bertz CT molecular complexity index is 1390. The van der Waals surface area contributed by atoms with E-state index in [1.54, 1.807) is 22.9 Å². The second-order valence-electron chi connectivity index (χ2n) is 8.87. The monoisotopic (exact) mass is 493 g/mol. The SMILES string of the molecule is O=C(c1cc(-c2ccccc2)nn1-c1ccc([N+](=O)[O-])cc1)N1CCN(C/C=C/c2ccccc2)CC1. The molecule has 4 aromatic rings. The molecule has 0 bridgehead atoms. The molecule has 0 spiro atoms. The van der Waals surface area contributed by atoms with Crippen LogP contribution in [0.5, 0.6) is 0 Å². The molecule has 1 fully saturated rings. The Balaban J connectivity index is 1.33. The Labute approximate surface area is 215 Å². The summed E-state index contributed by atoms with van der Waals surface area (Å²) in [6, 6.07) is 27.7. The maximum atomic E-state index is 13.6. The standard InChI is InChI=1S/C29H27N5O3/c35-29(32-20-18-31(19-21-32)17-7-10-23-8-3-1-4-9-23)28-22-27(24-11-5-2-6-12-24)30-33(28)25-13-15-26(16-14-25)34(36)37/h1-16,22H,17-21H2/b10-7+. The van der Waals surface area contributed by atoms with Crippen molar-refractivity contribution in [1.29, 1.82) is 0 Å². The first-order valence-corrected chi connectivity index (χ1v) is 12.2. The predicted molar refractivity (Wildman–Crippen MR) is 143 cm³/mol. The van der Waals surface area contributed by atoms with Gasteiger partial charge in [-0.2, -0.15) is 5.10 Å². The molecule has 37 heavy (non-hydrogen) atoms. The van der Waals surface area contributed by atoms with Crippen LogP contribution in [0, 0.1) is 10.1 Å². The summed E-state index contributed by atoms with van der Waals surface area (Å²) < 4.78 is 1.59. The van der Waals surface area contributed by atoms with Crippen LogP contribution in [0.4, 0.5) is 5.69 Å². The van der Waals surface area contributed by atoms with Gasteiger partial charge in [0, 0.05) is 50.4 Å². The quantitative estimate of drug-likeness (QED) is 0.270. The number of carbonyl (C=O) groups is 1. The van der Waals surface area contributed by atoms with Crippen LogP contribution in [0.3, 0.4) is 0 Å². The number of hydrogen-bond acceptors (Lipinski definition) is 5. The third-order valence-corrected chi connectivity index (χ3v) is 6.44. The molecule has 1 aromatic heterocycles. The number of nitrogens with zero attached hydrogens (tertiary/aromatic N) is 5. The number of rotatable bonds is 7. The molecule has 0 atom stereocenters. The van der Waals surface area contributed by atoms with Gasteiger partial charge in [0.15, 0.2) is 0 Å². The zero-order valence-electron chi connectivity index (χ0n) is 20.3. The number of non-ortho nitro benzene ring substituents is 1. The molecule has 8 heteroatoms. The average Bonchev–Trinajstić information content (AvgIpc) is 3.40. The highest BCUT2D eigenvalue weighted by Gasteiger charge is 2.26. The summed E-state index contributed by atoms with van der Waals surface area (Å²) in [6.07, 6.45) is 4.27. The smallest absolute Gasteiger partial charge is 0.272 e. The first-order valence-electron chi connectivity index (χ1n) is 12.2. The minimum Gasteiger partial charge on any atom is -0.335 e. The van der Waals surface area contributed by atoms with Gasteiger partial charge in [0.05, 0.1) is 16.3 Å². The second-order valence-corrected chi connectivity index (χ2v) is 8.87. The molecule has 1 amide bonds. The molecular weight excluding hydrogens is 466 g/mol. The molecule has 0 saturated carbocycles. The average molecular weight is 494 g/mol. The third-order valence-electron chi connectivity index (χ3n) is 6.44. The number of hydrogen-bond donors (Lipinski definition) is 0. The highest BCUT2D eigenvalue weighted by atomic mass is 16.6. The van der Waals surface area contributed by atoms with E-state index >= 15 is 0 Å². The van der Waals surface area contributed by atoms with Gasteiger partial charge in [-0.3, -0.25) is 19.8 Å². The highest BCUT2D eigenvalue weighted by molar-refractivity contribution is 5.94. The first kappa shape index (κ1) is 24.1. The van der Waals surface area contributed by atoms with E-state index in [9.17, 15) is 14.9 Å². The van der Waals surface area contributed by atoms with Crippen LogP contribution >= 0.6 is 0 Å². The second kappa shape index (κ2) is 11.0. The molecule has 186 valence electrons. The van der Waals surface area contributed by atoms with E-state index in [4.69, 9.17) is 5.10 Å². The summed E-state index contributed by atoms with van der Waals surface area (Å²) in [5.41, 5.74) is 3.76. The number of aromatic nitrogens is 2. The summed E-state index contributed by atoms with van der Waals surface area (Å²) in [5, 5.41) is 15.8. The van der Waals surface area contributed by atoms with E-state index < -0.39 is 4.92 Å². The predicted octanol–water partition coefficient (Wildman–Crippen LogP) is 4.92. The van der Waals surface area contributed by atoms with Crippen molar-refractivity contribution in [2.24, 2.45) is 0 Å². The molecule has 1 aliphatic rings. The van der Waals surface area contributed by atoms with E-state index in [-0.39, 0.29) is 11.6 Å². The van der Waals surface area contributed by atoms with Crippen molar-refractivity contribution in [2.75, 3.05) is 32.7 Å². The third kappa shape index (κ3) is 5.65. The van der Waals surface area contributed by atoms with Crippen LogP contribution in [0.1, 0.15) is 16.1 Å². The van der Waals surface area contributed by atoms with Gasteiger partial charge >= 0.3 is 0 Å². The topological polar surface area (TPSA) is 84.5 Å². The van der Waals surface area contributed by atoms with Crippen molar-refractivity contribution in [3.63, 3.8) is 0 Å². The maximum Gasteiger partial charge on any atom is 0.272 e. The van der Waals surface area contributed by atoms with Gasteiger partial charge in [0.25, 0.3) is 11.6 Å².